The second-order valence-corrected chi connectivity index (χ2v) is 4.16. The molecule has 0 aliphatic heterocycles. The highest BCUT2D eigenvalue weighted by Gasteiger charge is 2.12. The van der Waals surface area contributed by atoms with Gasteiger partial charge < -0.3 is 15.0 Å². The lowest BCUT2D eigenvalue weighted by atomic mass is 10.4. The number of alkyl halides is 2. The fraction of sp³-hybridized carbons (Fsp3) is 0.667. The Morgan fingerprint density at radius 2 is 2.16 bits per heavy atom. The van der Waals surface area contributed by atoms with Crippen LogP contribution in [0.4, 0.5) is 20.4 Å². The number of anilines is 2. The average molecular weight is 274 g/mol. The van der Waals surface area contributed by atoms with Gasteiger partial charge >= 0.3 is 0 Å². The highest BCUT2D eigenvalue weighted by Crippen LogP contribution is 2.16. The van der Waals surface area contributed by atoms with Gasteiger partial charge in [-0.05, 0) is 6.42 Å². The Labute approximate surface area is 112 Å². The summed E-state index contributed by atoms with van der Waals surface area (Å²) >= 11 is 0. The van der Waals surface area contributed by atoms with Crippen LogP contribution < -0.4 is 10.2 Å². The second kappa shape index (κ2) is 7.83. The van der Waals surface area contributed by atoms with Gasteiger partial charge in [0.1, 0.15) is 18.2 Å². The van der Waals surface area contributed by atoms with Crippen LogP contribution in [0.1, 0.15) is 19.2 Å². The first-order valence-corrected chi connectivity index (χ1v) is 6.16. The molecule has 0 aliphatic carbocycles. The summed E-state index contributed by atoms with van der Waals surface area (Å²) in [6.07, 6.45) is -1.45. The molecule has 1 N–H and O–H groups in total. The number of methoxy groups -OCH3 is 1. The predicted molar refractivity (Wildman–Crippen MR) is 70.8 cm³/mol. The Morgan fingerprint density at radius 1 is 1.42 bits per heavy atom. The van der Waals surface area contributed by atoms with Crippen LogP contribution in [0.5, 0.6) is 0 Å². The van der Waals surface area contributed by atoms with Crippen LogP contribution in [0.15, 0.2) is 6.07 Å². The van der Waals surface area contributed by atoms with Crippen molar-refractivity contribution in [3.8, 4) is 0 Å². The van der Waals surface area contributed by atoms with E-state index in [0.29, 0.717) is 17.5 Å². The molecule has 0 aromatic carbocycles. The zero-order valence-electron chi connectivity index (χ0n) is 11.5. The van der Waals surface area contributed by atoms with Gasteiger partial charge in [-0.1, -0.05) is 6.92 Å². The molecule has 0 saturated carbocycles. The van der Waals surface area contributed by atoms with E-state index in [4.69, 9.17) is 4.74 Å². The molecule has 1 heterocycles. The third kappa shape index (κ3) is 5.34. The van der Waals surface area contributed by atoms with Crippen LogP contribution in [0.3, 0.4) is 0 Å². The molecule has 1 rings (SSSR count). The minimum absolute atomic E-state index is 0.247. The summed E-state index contributed by atoms with van der Waals surface area (Å²) in [5.74, 6) is 1.56. The lowest BCUT2D eigenvalue weighted by molar-refractivity contribution is 0.156. The van der Waals surface area contributed by atoms with Crippen molar-refractivity contribution in [2.24, 2.45) is 0 Å². The minimum Gasteiger partial charge on any atom is -0.377 e. The van der Waals surface area contributed by atoms with Crippen LogP contribution in [-0.4, -0.2) is 43.6 Å². The van der Waals surface area contributed by atoms with E-state index in [1.807, 2.05) is 6.92 Å². The highest BCUT2D eigenvalue weighted by molar-refractivity contribution is 5.49. The monoisotopic (exact) mass is 274 g/mol. The first kappa shape index (κ1) is 15.6. The number of nitrogens with one attached hydrogen (secondary N) is 1. The van der Waals surface area contributed by atoms with E-state index < -0.39 is 6.43 Å². The predicted octanol–water partition coefficient (Wildman–Crippen LogP) is 2.15. The van der Waals surface area contributed by atoms with Crippen molar-refractivity contribution >= 4 is 11.6 Å². The van der Waals surface area contributed by atoms with Crippen molar-refractivity contribution in [1.29, 1.82) is 0 Å². The number of hydrogen-bond acceptors (Lipinski definition) is 5. The molecule has 7 heteroatoms. The smallest absolute Gasteiger partial charge is 0.255 e. The van der Waals surface area contributed by atoms with Gasteiger partial charge in [-0.2, -0.15) is 0 Å². The van der Waals surface area contributed by atoms with Crippen molar-refractivity contribution in [3.63, 3.8) is 0 Å². The van der Waals surface area contributed by atoms with Crippen molar-refractivity contribution in [2.45, 2.75) is 26.4 Å². The van der Waals surface area contributed by atoms with Gasteiger partial charge in [-0.25, -0.2) is 18.7 Å². The van der Waals surface area contributed by atoms with E-state index in [9.17, 15) is 8.78 Å². The largest absolute Gasteiger partial charge is 0.377 e. The Bertz CT molecular complexity index is 390. The summed E-state index contributed by atoms with van der Waals surface area (Å²) in [7, 11) is 3.12. The van der Waals surface area contributed by atoms with Crippen LogP contribution >= 0.6 is 0 Å². The van der Waals surface area contributed by atoms with Crippen molar-refractivity contribution in [2.75, 3.05) is 37.5 Å². The molecule has 0 atom stereocenters. The topological polar surface area (TPSA) is 50.3 Å². The molecule has 0 radical (unpaired) electrons. The van der Waals surface area contributed by atoms with Gasteiger partial charge in [0.25, 0.3) is 6.43 Å². The molecule has 0 fully saturated rings. The molecule has 0 spiro atoms. The summed E-state index contributed by atoms with van der Waals surface area (Å²) in [5, 5.41) is 3.12. The van der Waals surface area contributed by atoms with Crippen LogP contribution in [0.25, 0.3) is 0 Å². The van der Waals surface area contributed by atoms with E-state index in [1.165, 1.54) is 12.0 Å². The van der Waals surface area contributed by atoms with Crippen LogP contribution in [-0.2, 0) is 11.3 Å². The molecule has 1 aromatic rings. The van der Waals surface area contributed by atoms with Crippen LogP contribution in [0.2, 0.25) is 0 Å². The Kier molecular flexibility index (Phi) is 6.41. The molecular weight excluding hydrogens is 254 g/mol. The molecule has 0 bridgehead atoms. The quantitative estimate of drug-likeness (QED) is 0.787. The summed E-state index contributed by atoms with van der Waals surface area (Å²) < 4.78 is 29.8. The van der Waals surface area contributed by atoms with Gasteiger partial charge in [-0.15, -0.1) is 0 Å². The van der Waals surface area contributed by atoms with Gasteiger partial charge in [0, 0.05) is 26.8 Å². The molecular formula is C12H20F2N4O. The maximum atomic E-state index is 12.4. The SMILES string of the molecule is CCCNc1cc(N(C)CC(F)F)nc(COC)n1. The standard InChI is InChI=1S/C12H20F2N4O/c1-4-5-15-10-6-12(18(2)7-9(13)14)17-11(16-10)8-19-3/h6,9H,4-5,7-8H2,1-3H3,(H,15,16,17). The van der Waals surface area contributed by atoms with Gasteiger partial charge in [-0.3, -0.25) is 0 Å². The zero-order chi connectivity index (χ0) is 14.3. The summed E-state index contributed by atoms with van der Waals surface area (Å²) in [6.45, 7) is 2.68. The van der Waals surface area contributed by atoms with Crippen molar-refractivity contribution in [3.05, 3.63) is 11.9 Å². The van der Waals surface area contributed by atoms with Gasteiger partial charge in [0.15, 0.2) is 5.82 Å². The van der Waals surface area contributed by atoms with Crippen molar-refractivity contribution in [1.82, 2.24) is 9.97 Å². The number of halogens is 2. The van der Waals surface area contributed by atoms with Crippen molar-refractivity contribution < 1.29 is 13.5 Å². The molecule has 0 amide bonds. The number of aromatic nitrogens is 2. The number of nitrogens with zero attached hydrogens (tertiary/aromatic N) is 3. The van der Waals surface area contributed by atoms with E-state index in [1.54, 1.807) is 13.1 Å². The third-order valence-electron chi connectivity index (χ3n) is 2.39. The summed E-state index contributed by atoms with van der Waals surface area (Å²) in [4.78, 5) is 9.87. The summed E-state index contributed by atoms with van der Waals surface area (Å²) in [6, 6.07) is 1.66. The van der Waals surface area contributed by atoms with Gasteiger partial charge in [0.05, 0.1) is 6.54 Å². The second-order valence-electron chi connectivity index (χ2n) is 4.16. The normalized spacial score (nSPS) is 10.8. The zero-order valence-corrected chi connectivity index (χ0v) is 11.5. The molecule has 0 unspecified atom stereocenters. The van der Waals surface area contributed by atoms with E-state index >= 15 is 0 Å². The fourth-order valence-corrected chi connectivity index (χ4v) is 1.52. The Hall–Kier alpha value is -1.50. The molecule has 1 aromatic heterocycles. The maximum absolute atomic E-state index is 12.4. The molecule has 108 valence electrons. The minimum atomic E-state index is -2.40. The van der Waals surface area contributed by atoms with Crippen LogP contribution in [0, 0.1) is 0 Å². The first-order valence-electron chi connectivity index (χ1n) is 6.16. The average Bonchev–Trinajstić information content (AvgIpc) is 2.35. The Balaban J connectivity index is 2.91. The fourth-order valence-electron chi connectivity index (χ4n) is 1.52. The first-order chi connectivity index (χ1) is 9.06. The number of rotatable bonds is 8. The summed E-state index contributed by atoms with van der Waals surface area (Å²) in [5.41, 5.74) is 0. The van der Waals surface area contributed by atoms with Gasteiger partial charge in [0.2, 0.25) is 0 Å². The van der Waals surface area contributed by atoms with E-state index in [2.05, 4.69) is 15.3 Å². The highest BCUT2D eigenvalue weighted by atomic mass is 19.3. The number of ether oxygens (including phenoxy) is 1. The Morgan fingerprint density at radius 3 is 2.74 bits per heavy atom. The van der Waals surface area contributed by atoms with E-state index in [0.717, 1.165) is 13.0 Å². The molecule has 0 aliphatic rings. The lowest BCUT2D eigenvalue weighted by Gasteiger charge is -2.19. The maximum Gasteiger partial charge on any atom is 0.255 e. The lowest BCUT2D eigenvalue weighted by Crippen LogP contribution is -2.25. The number of hydrogen-bond donors (Lipinski definition) is 1. The van der Waals surface area contributed by atoms with E-state index in [-0.39, 0.29) is 13.2 Å². The molecule has 19 heavy (non-hydrogen) atoms. The molecule has 0 saturated heterocycles. The third-order valence-corrected chi connectivity index (χ3v) is 2.39. The molecule has 5 nitrogen and oxygen atoms in total.